The van der Waals surface area contributed by atoms with Crippen molar-refractivity contribution in [3.63, 3.8) is 0 Å². The van der Waals surface area contributed by atoms with Gasteiger partial charge in [0, 0.05) is 6.61 Å². The van der Waals surface area contributed by atoms with E-state index in [4.69, 9.17) is 9.26 Å². The van der Waals surface area contributed by atoms with Crippen molar-refractivity contribution < 1.29 is 9.26 Å². The third-order valence-corrected chi connectivity index (χ3v) is 3.98. The molecule has 1 aliphatic rings. The van der Waals surface area contributed by atoms with Gasteiger partial charge in [-0.2, -0.15) is 4.98 Å². The minimum Gasteiger partial charge on any atom is -0.370 e. The van der Waals surface area contributed by atoms with Crippen molar-refractivity contribution in [2.75, 3.05) is 13.2 Å². The molecule has 0 amide bonds. The van der Waals surface area contributed by atoms with Gasteiger partial charge in [-0.1, -0.05) is 32.3 Å². The highest BCUT2D eigenvalue weighted by atomic mass is 16.5. The molecule has 1 fully saturated rings. The maximum atomic E-state index is 5.75. The second-order valence-electron chi connectivity index (χ2n) is 5.94. The van der Waals surface area contributed by atoms with Crippen molar-refractivity contribution in [3.05, 3.63) is 11.7 Å². The molecule has 2 atom stereocenters. The van der Waals surface area contributed by atoms with Crippen LogP contribution in [-0.2, 0) is 10.3 Å². The molecular formula is C15H27N3O2. The Hall–Kier alpha value is -0.940. The summed E-state index contributed by atoms with van der Waals surface area (Å²) in [5, 5.41) is 7.74. The van der Waals surface area contributed by atoms with E-state index in [9.17, 15) is 0 Å². The molecule has 114 valence electrons. The van der Waals surface area contributed by atoms with E-state index in [0.29, 0.717) is 18.3 Å². The second kappa shape index (κ2) is 6.68. The molecule has 1 saturated heterocycles. The number of nitrogens with one attached hydrogen (secondary N) is 1. The Balaban J connectivity index is 2.22. The average molecular weight is 281 g/mol. The van der Waals surface area contributed by atoms with Gasteiger partial charge >= 0.3 is 0 Å². The molecule has 1 aromatic heterocycles. The standard InChI is InChI=1S/C15H27N3O2/c1-5-8-15(9-7-10-16-15)14-17-13(18-20-14)12(11(3)4)19-6-2/h11-12,16H,5-10H2,1-4H3. The first kappa shape index (κ1) is 15.4. The van der Waals surface area contributed by atoms with Crippen molar-refractivity contribution in [1.82, 2.24) is 15.5 Å². The number of rotatable bonds is 7. The van der Waals surface area contributed by atoms with E-state index in [1.165, 1.54) is 0 Å². The SMILES string of the molecule is CCCC1(c2nc(C(OCC)C(C)C)no2)CCCN1. The van der Waals surface area contributed by atoms with E-state index < -0.39 is 0 Å². The van der Waals surface area contributed by atoms with E-state index in [1.54, 1.807) is 0 Å². The summed E-state index contributed by atoms with van der Waals surface area (Å²) in [6.45, 7) is 10.1. The van der Waals surface area contributed by atoms with Crippen molar-refractivity contribution >= 4 is 0 Å². The van der Waals surface area contributed by atoms with Crippen molar-refractivity contribution in [1.29, 1.82) is 0 Å². The van der Waals surface area contributed by atoms with Gasteiger partial charge in [-0.15, -0.1) is 0 Å². The Bertz CT molecular complexity index is 411. The number of hydrogen-bond acceptors (Lipinski definition) is 5. The molecular weight excluding hydrogens is 254 g/mol. The molecule has 0 aliphatic carbocycles. The number of nitrogens with zero attached hydrogens (tertiary/aromatic N) is 2. The molecule has 1 aliphatic heterocycles. The van der Waals surface area contributed by atoms with Gasteiger partial charge < -0.3 is 14.6 Å². The minimum absolute atomic E-state index is 0.0856. The van der Waals surface area contributed by atoms with Crippen molar-refractivity contribution in [2.45, 2.75) is 65.0 Å². The van der Waals surface area contributed by atoms with Gasteiger partial charge in [0.05, 0.1) is 5.54 Å². The molecule has 0 radical (unpaired) electrons. The Morgan fingerprint density at radius 2 is 2.20 bits per heavy atom. The molecule has 0 aromatic carbocycles. The van der Waals surface area contributed by atoms with E-state index in [2.05, 4.69) is 36.2 Å². The normalized spacial score (nSPS) is 24.4. The topological polar surface area (TPSA) is 60.2 Å². The second-order valence-corrected chi connectivity index (χ2v) is 5.94. The first-order valence-corrected chi connectivity index (χ1v) is 7.83. The van der Waals surface area contributed by atoms with Gasteiger partial charge in [0.2, 0.25) is 11.7 Å². The fourth-order valence-corrected chi connectivity index (χ4v) is 3.03. The summed E-state index contributed by atoms with van der Waals surface area (Å²) in [6.07, 6.45) is 4.29. The zero-order valence-electron chi connectivity index (χ0n) is 13.1. The molecule has 0 spiro atoms. The number of aromatic nitrogens is 2. The van der Waals surface area contributed by atoms with Crippen LogP contribution in [0.25, 0.3) is 0 Å². The third kappa shape index (κ3) is 3.04. The predicted octanol–water partition coefficient (Wildman–Crippen LogP) is 3.18. The average Bonchev–Trinajstić information content (AvgIpc) is 3.05. The predicted molar refractivity (Wildman–Crippen MR) is 77.3 cm³/mol. The number of ether oxygens (including phenoxy) is 1. The smallest absolute Gasteiger partial charge is 0.247 e. The molecule has 2 heterocycles. The van der Waals surface area contributed by atoms with Crippen molar-refractivity contribution in [2.24, 2.45) is 5.92 Å². The quantitative estimate of drug-likeness (QED) is 0.831. The van der Waals surface area contributed by atoms with Gasteiger partial charge in [0.15, 0.2) is 0 Å². The molecule has 1 N–H and O–H groups in total. The van der Waals surface area contributed by atoms with Gasteiger partial charge in [-0.25, -0.2) is 0 Å². The monoisotopic (exact) mass is 281 g/mol. The van der Waals surface area contributed by atoms with Crippen LogP contribution in [0.3, 0.4) is 0 Å². The Labute approximate surface area is 121 Å². The summed E-state index contributed by atoms with van der Waals surface area (Å²) in [5.74, 6) is 1.75. The molecule has 2 rings (SSSR count). The van der Waals surface area contributed by atoms with Gasteiger partial charge in [0.25, 0.3) is 0 Å². The van der Waals surface area contributed by atoms with Crippen LogP contribution in [-0.4, -0.2) is 23.3 Å². The first-order valence-electron chi connectivity index (χ1n) is 7.83. The fourth-order valence-electron chi connectivity index (χ4n) is 3.03. The molecule has 0 bridgehead atoms. The lowest BCUT2D eigenvalue weighted by Crippen LogP contribution is -2.37. The zero-order valence-corrected chi connectivity index (χ0v) is 13.1. The zero-order chi connectivity index (χ0) is 14.6. The van der Waals surface area contributed by atoms with Crippen LogP contribution < -0.4 is 5.32 Å². The Kier molecular flexibility index (Phi) is 5.16. The van der Waals surface area contributed by atoms with Crippen LogP contribution in [0.2, 0.25) is 0 Å². The molecule has 20 heavy (non-hydrogen) atoms. The van der Waals surface area contributed by atoms with Crippen LogP contribution in [0.4, 0.5) is 0 Å². The molecule has 5 nitrogen and oxygen atoms in total. The summed E-state index contributed by atoms with van der Waals surface area (Å²) in [4.78, 5) is 4.66. The van der Waals surface area contributed by atoms with E-state index in [1.807, 2.05) is 6.92 Å². The highest BCUT2D eigenvalue weighted by Gasteiger charge is 2.40. The van der Waals surface area contributed by atoms with Gasteiger partial charge in [0.1, 0.15) is 6.10 Å². The summed E-state index contributed by atoms with van der Waals surface area (Å²) >= 11 is 0. The molecule has 2 unspecified atom stereocenters. The largest absolute Gasteiger partial charge is 0.370 e. The minimum atomic E-state index is -0.117. The summed E-state index contributed by atoms with van der Waals surface area (Å²) in [7, 11) is 0. The van der Waals surface area contributed by atoms with Gasteiger partial charge in [-0.3, -0.25) is 0 Å². The highest BCUT2D eigenvalue weighted by molar-refractivity contribution is 5.07. The number of hydrogen-bond donors (Lipinski definition) is 1. The Morgan fingerprint density at radius 3 is 2.75 bits per heavy atom. The van der Waals surface area contributed by atoms with Crippen LogP contribution in [0.1, 0.15) is 71.2 Å². The first-order chi connectivity index (χ1) is 9.63. The van der Waals surface area contributed by atoms with Gasteiger partial charge in [-0.05, 0) is 38.6 Å². The van der Waals surface area contributed by atoms with Crippen molar-refractivity contribution in [3.8, 4) is 0 Å². The van der Waals surface area contributed by atoms with Crippen LogP contribution in [0.15, 0.2) is 4.52 Å². The molecule has 5 heteroatoms. The molecule has 1 aromatic rings. The summed E-state index contributed by atoms with van der Waals surface area (Å²) in [6, 6.07) is 0. The van der Waals surface area contributed by atoms with E-state index in [0.717, 1.165) is 38.1 Å². The van der Waals surface area contributed by atoms with Crippen LogP contribution >= 0.6 is 0 Å². The fraction of sp³-hybridized carbons (Fsp3) is 0.867. The lowest BCUT2D eigenvalue weighted by Gasteiger charge is -2.24. The summed E-state index contributed by atoms with van der Waals surface area (Å²) in [5.41, 5.74) is -0.117. The lowest BCUT2D eigenvalue weighted by atomic mass is 9.92. The Morgan fingerprint density at radius 1 is 1.40 bits per heavy atom. The maximum Gasteiger partial charge on any atom is 0.247 e. The van der Waals surface area contributed by atoms with E-state index in [-0.39, 0.29) is 11.6 Å². The van der Waals surface area contributed by atoms with Crippen LogP contribution in [0.5, 0.6) is 0 Å². The third-order valence-electron chi connectivity index (χ3n) is 3.98. The molecule has 0 saturated carbocycles. The van der Waals surface area contributed by atoms with E-state index >= 15 is 0 Å². The maximum absolute atomic E-state index is 5.75. The van der Waals surface area contributed by atoms with Crippen LogP contribution in [0, 0.1) is 5.92 Å². The highest BCUT2D eigenvalue weighted by Crippen LogP contribution is 2.35. The summed E-state index contributed by atoms with van der Waals surface area (Å²) < 4.78 is 11.3. The lowest BCUT2D eigenvalue weighted by molar-refractivity contribution is 0.0217.